The van der Waals surface area contributed by atoms with Crippen molar-refractivity contribution in [3.8, 4) is 0 Å². The number of aromatic nitrogens is 3. The van der Waals surface area contributed by atoms with Crippen LogP contribution >= 0.6 is 11.8 Å². The zero-order valence-corrected chi connectivity index (χ0v) is 4.58. The molecule has 0 aliphatic carbocycles. The van der Waals surface area contributed by atoms with Gasteiger partial charge in [-0.15, -0.1) is 10.2 Å². The van der Waals surface area contributed by atoms with Crippen LogP contribution < -0.4 is 4.84 Å². The van der Waals surface area contributed by atoms with Crippen LogP contribution in [0, 0.1) is 0 Å². The summed E-state index contributed by atoms with van der Waals surface area (Å²) in [6.45, 7) is 0. The molecule has 0 aromatic carbocycles. The molecule has 0 spiro atoms. The van der Waals surface area contributed by atoms with Gasteiger partial charge in [0.1, 0.15) is 0 Å². The molecule has 8 heavy (non-hydrogen) atoms. The summed E-state index contributed by atoms with van der Waals surface area (Å²) in [5.74, 6) is 0.377. The topological polar surface area (TPSA) is 52.8 Å². The van der Waals surface area contributed by atoms with Gasteiger partial charge in [0.2, 0.25) is 0 Å². The monoisotopic (exact) mass is 129 g/mol. The molecule has 0 amide bonds. The van der Waals surface area contributed by atoms with E-state index in [1.165, 1.54) is 6.20 Å². The van der Waals surface area contributed by atoms with E-state index in [4.69, 9.17) is 11.8 Å². The highest BCUT2D eigenvalue weighted by molar-refractivity contribution is 6.15. The average molecular weight is 130 g/mol. The summed E-state index contributed by atoms with van der Waals surface area (Å²) in [4.78, 5) is 3.23. The SMILES string of the molecule is Cl[N]c1ccnnn1. The van der Waals surface area contributed by atoms with Crippen molar-refractivity contribution in [1.29, 1.82) is 0 Å². The maximum absolute atomic E-state index is 5.02. The number of hydrogen-bond donors (Lipinski definition) is 0. The van der Waals surface area contributed by atoms with Gasteiger partial charge in [-0.25, -0.2) is 0 Å². The Hall–Kier alpha value is -0.900. The van der Waals surface area contributed by atoms with Gasteiger partial charge in [0.05, 0.1) is 6.20 Å². The molecule has 0 fully saturated rings. The molecule has 4 nitrogen and oxygen atoms in total. The van der Waals surface area contributed by atoms with Gasteiger partial charge in [0, 0.05) is 17.8 Å². The largest absolute Gasteiger partial charge is 0.191 e. The van der Waals surface area contributed by atoms with Crippen LogP contribution in [0.1, 0.15) is 0 Å². The van der Waals surface area contributed by atoms with Gasteiger partial charge < -0.3 is 0 Å². The fourth-order valence-corrected chi connectivity index (χ4v) is 0.370. The van der Waals surface area contributed by atoms with Crippen LogP contribution in [-0.4, -0.2) is 15.4 Å². The van der Waals surface area contributed by atoms with Crippen LogP contribution in [0.3, 0.4) is 0 Å². The van der Waals surface area contributed by atoms with Gasteiger partial charge >= 0.3 is 0 Å². The van der Waals surface area contributed by atoms with Gasteiger partial charge in [-0.3, -0.25) is 0 Å². The van der Waals surface area contributed by atoms with Gasteiger partial charge in [0.15, 0.2) is 5.82 Å². The van der Waals surface area contributed by atoms with Crippen molar-refractivity contribution < 1.29 is 0 Å². The minimum absolute atomic E-state index is 0.377. The van der Waals surface area contributed by atoms with E-state index in [0.29, 0.717) is 5.82 Å². The summed E-state index contributed by atoms with van der Waals surface area (Å²) in [5.41, 5.74) is 0. The average Bonchev–Trinajstić information content (AvgIpc) is 1.90. The Morgan fingerprint density at radius 2 is 2.50 bits per heavy atom. The standard InChI is InChI=1S/C3H2ClN4/c4-6-3-1-2-5-8-7-3/h1-2H. The predicted octanol–water partition coefficient (Wildman–Crippen LogP) is 0.261. The lowest BCUT2D eigenvalue weighted by atomic mass is 10.6. The molecular formula is C3H2ClN4. The van der Waals surface area contributed by atoms with Crippen LogP contribution in [0.25, 0.3) is 0 Å². The van der Waals surface area contributed by atoms with E-state index in [2.05, 4.69) is 20.2 Å². The smallest absolute Gasteiger partial charge is 0.156 e. The van der Waals surface area contributed by atoms with Crippen molar-refractivity contribution in [2.24, 2.45) is 0 Å². The maximum Gasteiger partial charge on any atom is 0.191 e. The molecule has 5 heteroatoms. The van der Waals surface area contributed by atoms with Gasteiger partial charge in [0.25, 0.3) is 0 Å². The predicted molar refractivity (Wildman–Crippen MR) is 27.5 cm³/mol. The lowest BCUT2D eigenvalue weighted by Gasteiger charge is -1.84. The number of halogens is 1. The number of nitrogens with zero attached hydrogens (tertiary/aromatic N) is 4. The minimum atomic E-state index is 0.377. The third kappa shape index (κ3) is 1.04. The van der Waals surface area contributed by atoms with Crippen molar-refractivity contribution >= 4 is 17.6 Å². The molecule has 1 rings (SSSR count). The molecule has 1 aromatic rings. The molecule has 1 radical (unpaired) electrons. The second-order valence-corrected chi connectivity index (χ2v) is 1.23. The van der Waals surface area contributed by atoms with Crippen molar-refractivity contribution in [3.05, 3.63) is 12.3 Å². The first-order valence-electron chi connectivity index (χ1n) is 1.90. The number of rotatable bonds is 1. The normalized spacial score (nSPS) is 8.62. The molecule has 0 unspecified atom stereocenters. The molecule has 0 bridgehead atoms. The van der Waals surface area contributed by atoms with Gasteiger partial charge in [-0.1, -0.05) is 0 Å². The molecule has 41 valence electrons. The van der Waals surface area contributed by atoms with E-state index >= 15 is 0 Å². The lowest BCUT2D eigenvalue weighted by molar-refractivity contribution is 0.854. The molecule has 0 saturated heterocycles. The molecule has 0 aliphatic heterocycles. The van der Waals surface area contributed by atoms with E-state index in [1.807, 2.05) is 0 Å². The first kappa shape index (κ1) is 5.24. The molecule has 0 N–H and O–H groups in total. The lowest BCUT2D eigenvalue weighted by Crippen LogP contribution is -1.88. The van der Waals surface area contributed by atoms with Crippen molar-refractivity contribution in [2.75, 3.05) is 0 Å². The van der Waals surface area contributed by atoms with Crippen LogP contribution in [-0.2, 0) is 0 Å². The van der Waals surface area contributed by atoms with Crippen molar-refractivity contribution in [1.82, 2.24) is 20.2 Å². The van der Waals surface area contributed by atoms with Gasteiger partial charge in [-0.2, -0.15) is 4.84 Å². The Kier molecular flexibility index (Phi) is 1.58. The molecule has 1 aromatic heterocycles. The summed E-state index contributed by atoms with van der Waals surface area (Å²) in [5, 5.41) is 10.1. The fourth-order valence-electron chi connectivity index (χ4n) is 0.280. The molecule has 1 heterocycles. The second-order valence-electron chi connectivity index (χ2n) is 1.06. The molecule has 0 aliphatic rings. The third-order valence-electron chi connectivity index (χ3n) is 0.576. The van der Waals surface area contributed by atoms with Crippen LogP contribution in [0.4, 0.5) is 5.82 Å². The Morgan fingerprint density at radius 3 is 2.88 bits per heavy atom. The highest BCUT2D eigenvalue weighted by atomic mass is 35.5. The fraction of sp³-hybridized carbons (Fsp3) is 0. The highest BCUT2D eigenvalue weighted by Gasteiger charge is 1.87. The Balaban J connectivity index is 2.83. The highest BCUT2D eigenvalue weighted by Crippen LogP contribution is 1.96. The van der Waals surface area contributed by atoms with E-state index < -0.39 is 0 Å². The van der Waals surface area contributed by atoms with E-state index in [1.54, 1.807) is 6.07 Å². The van der Waals surface area contributed by atoms with Crippen molar-refractivity contribution in [2.45, 2.75) is 0 Å². The second kappa shape index (κ2) is 2.42. The Bertz CT molecular complexity index is 153. The van der Waals surface area contributed by atoms with Crippen LogP contribution in [0.5, 0.6) is 0 Å². The molecular weight excluding hydrogens is 128 g/mol. The third-order valence-corrected chi connectivity index (χ3v) is 0.749. The Morgan fingerprint density at radius 1 is 1.62 bits per heavy atom. The van der Waals surface area contributed by atoms with Crippen molar-refractivity contribution in [3.63, 3.8) is 0 Å². The molecule has 0 saturated carbocycles. The zero-order chi connectivity index (χ0) is 5.82. The first-order chi connectivity index (χ1) is 3.93. The summed E-state index contributed by atoms with van der Waals surface area (Å²) >= 11 is 5.02. The zero-order valence-electron chi connectivity index (χ0n) is 3.82. The molecule has 0 atom stereocenters. The van der Waals surface area contributed by atoms with E-state index in [9.17, 15) is 0 Å². The maximum atomic E-state index is 5.02. The Labute approximate surface area is 51.0 Å². The summed E-state index contributed by atoms with van der Waals surface area (Å²) in [6, 6.07) is 1.56. The summed E-state index contributed by atoms with van der Waals surface area (Å²) in [6.07, 6.45) is 1.47. The number of hydrogen-bond acceptors (Lipinski definition) is 3. The summed E-state index contributed by atoms with van der Waals surface area (Å²) < 4.78 is 0. The first-order valence-corrected chi connectivity index (χ1v) is 2.23. The van der Waals surface area contributed by atoms with E-state index in [-0.39, 0.29) is 0 Å². The minimum Gasteiger partial charge on any atom is -0.156 e. The van der Waals surface area contributed by atoms with Crippen LogP contribution in [0.15, 0.2) is 12.3 Å². The van der Waals surface area contributed by atoms with Crippen LogP contribution in [0.2, 0.25) is 0 Å². The van der Waals surface area contributed by atoms with E-state index in [0.717, 1.165) is 0 Å². The quantitative estimate of drug-likeness (QED) is 0.547. The van der Waals surface area contributed by atoms with Gasteiger partial charge in [-0.05, 0) is 5.21 Å². The summed E-state index contributed by atoms with van der Waals surface area (Å²) in [7, 11) is 0.